The van der Waals surface area contributed by atoms with Crippen molar-refractivity contribution in [3.63, 3.8) is 0 Å². The van der Waals surface area contributed by atoms with E-state index in [1.54, 1.807) is 17.3 Å². The average Bonchev–Trinajstić information content (AvgIpc) is 3.49. The maximum atomic E-state index is 5.59. The fraction of sp³-hybridized carbons (Fsp3) is 0.182. The molecule has 0 saturated heterocycles. The summed E-state index contributed by atoms with van der Waals surface area (Å²) in [5, 5.41) is 10.7. The largest absolute Gasteiger partial charge is 0.444 e. The van der Waals surface area contributed by atoms with Gasteiger partial charge in [-0.1, -0.05) is 30.3 Å². The third kappa shape index (κ3) is 6.14. The van der Waals surface area contributed by atoms with Crippen LogP contribution >= 0.6 is 24.0 Å². The van der Waals surface area contributed by atoms with Crippen molar-refractivity contribution in [2.45, 2.75) is 20.0 Å². The molecule has 2 N–H and O–H groups in total. The van der Waals surface area contributed by atoms with Crippen molar-refractivity contribution in [1.82, 2.24) is 30.4 Å². The van der Waals surface area contributed by atoms with Crippen LogP contribution in [0.4, 0.5) is 0 Å². The van der Waals surface area contributed by atoms with Crippen molar-refractivity contribution in [3.8, 4) is 17.1 Å². The fourth-order valence-corrected chi connectivity index (χ4v) is 2.88. The van der Waals surface area contributed by atoms with Crippen LogP contribution in [0.25, 0.3) is 17.1 Å². The Morgan fingerprint density at radius 1 is 1.06 bits per heavy atom. The van der Waals surface area contributed by atoms with E-state index < -0.39 is 0 Å². The number of halogens is 1. The molecule has 2 heterocycles. The minimum Gasteiger partial charge on any atom is -0.444 e. The van der Waals surface area contributed by atoms with Crippen molar-refractivity contribution in [2.75, 3.05) is 6.54 Å². The fourth-order valence-electron chi connectivity index (χ4n) is 2.88. The zero-order valence-electron chi connectivity index (χ0n) is 17.1. The van der Waals surface area contributed by atoms with Gasteiger partial charge in [0.2, 0.25) is 5.89 Å². The molecule has 8 nitrogen and oxygen atoms in total. The van der Waals surface area contributed by atoms with Crippen molar-refractivity contribution in [3.05, 3.63) is 84.8 Å². The molecule has 4 aromatic rings. The van der Waals surface area contributed by atoms with Gasteiger partial charge in [-0.15, -0.1) is 24.0 Å². The first-order valence-electron chi connectivity index (χ1n) is 9.78. The summed E-state index contributed by atoms with van der Waals surface area (Å²) in [6, 6.07) is 17.9. The second kappa shape index (κ2) is 11.3. The van der Waals surface area contributed by atoms with Gasteiger partial charge in [0.05, 0.1) is 24.5 Å². The second-order valence-corrected chi connectivity index (χ2v) is 6.57. The molecule has 31 heavy (non-hydrogen) atoms. The maximum Gasteiger partial charge on any atom is 0.226 e. The molecule has 0 saturated carbocycles. The lowest BCUT2D eigenvalue weighted by Crippen LogP contribution is -2.36. The summed E-state index contributed by atoms with van der Waals surface area (Å²) in [6.07, 6.45) is 4.86. The molecule has 0 fully saturated rings. The van der Waals surface area contributed by atoms with Gasteiger partial charge in [0.25, 0.3) is 0 Å². The van der Waals surface area contributed by atoms with Crippen LogP contribution in [0.2, 0.25) is 0 Å². The van der Waals surface area contributed by atoms with Crippen LogP contribution < -0.4 is 10.6 Å². The Morgan fingerprint density at radius 2 is 1.87 bits per heavy atom. The summed E-state index contributed by atoms with van der Waals surface area (Å²) in [5.74, 6) is 1.34. The van der Waals surface area contributed by atoms with E-state index in [1.807, 2.05) is 61.5 Å². The first-order chi connectivity index (χ1) is 14.8. The third-order valence-electron chi connectivity index (χ3n) is 4.39. The molecule has 0 aliphatic rings. The van der Waals surface area contributed by atoms with E-state index >= 15 is 0 Å². The van der Waals surface area contributed by atoms with Crippen molar-refractivity contribution in [2.24, 2.45) is 4.99 Å². The zero-order valence-corrected chi connectivity index (χ0v) is 19.4. The minimum atomic E-state index is 0. The Kier molecular flexibility index (Phi) is 8.16. The van der Waals surface area contributed by atoms with Crippen molar-refractivity contribution >= 4 is 29.9 Å². The van der Waals surface area contributed by atoms with Gasteiger partial charge in [-0.25, -0.2) is 19.6 Å². The molecule has 0 spiro atoms. The molecule has 0 aliphatic heterocycles. The molecule has 2 aromatic carbocycles. The lowest BCUT2D eigenvalue weighted by molar-refractivity contribution is 0.572. The molecule has 0 bridgehead atoms. The number of rotatable bonds is 7. The van der Waals surface area contributed by atoms with E-state index in [0.717, 1.165) is 35.0 Å². The van der Waals surface area contributed by atoms with E-state index in [1.165, 1.54) is 6.33 Å². The number of guanidine groups is 1. The number of hydrogen-bond acceptors (Lipinski definition) is 5. The first-order valence-corrected chi connectivity index (χ1v) is 9.78. The highest BCUT2D eigenvalue weighted by atomic mass is 127. The van der Waals surface area contributed by atoms with Gasteiger partial charge in [0, 0.05) is 12.1 Å². The Morgan fingerprint density at radius 3 is 2.58 bits per heavy atom. The van der Waals surface area contributed by atoms with Crippen LogP contribution in [-0.4, -0.2) is 32.3 Å². The summed E-state index contributed by atoms with van der Waals surface area (Å²) >= 11 is 0. The van der Waals surface area contributed by atoms with Crippen LogP contribution in [0.5, 0.6) is 0 Å². The normalized spacial score (nSPS) is 11.1. The highest BCUT2D eigenvalue weighted by molar-refractivity contribution is 14.0. The minimum absolute atomic E-state index is 0. The summed E-state index contributed by atoms with van der Waals surface area (Å²) in [6.45, 7) is 3.88. The number of nitrogens with one attached hydrogen (secondary N) is 2. The Balaban J connectivity index is 0.00000272. The zero-order chi connectivity index (χ0) is 20.6. The number of aliphatic imine (C=N–C) groups is 1. The van der Waals surface area contributed by atoms with Crippen molar-refractivity contribution < 1.29 is 4.42 Å². The van der Waals surface area contributed by atoms with Crippen LogP contribution in [-0.2, 0) is 13.1 Å². The predicted molar refractivity (Wildman–Crippen MR) is 130 cm³/mol. The van der Waals surface area contributed by atoms with Crippen LogP contribution in [0, 0.1) is 0 Å². The number of benzene rings is 2. The lowest BCUT2D eigenvalue weighted by atomic mass is 10.2. The van der Waals surface area contributed by atoms with E-state index in [9.17, 15) is 0 Å². The smallest absolute Gasteiger partial charge is 0.226 e. The molecule has 0 radical (unpaired) electrons. The van der Waals surface area contributed by atoms with E-state index in [-0.39, 0.29) is 24.0 Å². The Bertz CT molecular complexity index is 1080. The maximum absolute atomic E-state index is 5.59. The molecular formula is C22H24IN7O. The van der Waals surface area contributed by atoms with E-state index in [0.29, 0.717) is 19.0 Å². The van der Waals surface area contributed by atoms with Gasteiger partial charge in [-0.2, -0.15) is 5.10 Å². The monoisotopic (exact) mass is 529 g/mol. The highest BCUT2D eigenvalue weighted by Gasteiger charge is 2.07. The van der Waals surface area contributed by atoms with Gasteiger partial charge >= 0.3 is 0 Å². The molecule has 0 atom stereocenters. The summed E-state index contributed by atoms with van der Waals surface area (Å²) < 4.78 is 7.31. The summed E-state index contributed by atoms with van der Waals surface area (Å²) in [4.78, 5) is 13.2. The first kappa shape index (κ1) is 22.5. The van der Waals surface area contributed by atoms with Crippen LogP contribution in [0.15, 0.2) is 82.9 Å². The molecule has 2 aromatic heterocycles. The molecule has 0 unspecified atom stereocenters. The molecule has 0 aliphatic carbocycles. The molecule has 160 valence electrons. The SMILES string of the molecule is CCNC(=NCc1ccc(-n2cncn2)cc1)NCc1coc(-c2ccccc2)n1.I. The number of oxazole rings is 1. The highest BCUT2D eigenvalue weighted by Crippen LogP contribution is 2.17. The van der Waals surface area contributed by atoms with Gasteiger partial charge in [0.1, 0.15) is 18.9 Å². The molecule has 4 rings (SSSR count). The molecule has 9 heteroatoms. The topological polar surface area (TPSA) is 93.2 Å². The summed E-state index contributed by atoms with van der Waals surface area (Å²) in [5.41, 5.74) is 3.84. The number of nitrogens with zero attached hydrogens (tertiary/aromatic N) is 5. The van der Waals surface area contributed by atoms with Crippen LogP contribution in [0.3, 0.4) is 0 Å². The summed E-state index contributed by atoms with van der Waals surface area (Å²) in [7, 11) is 0. The number of aromatic nitrogens is 4. The Labute approximate surface area is 197 Å². The standard InChI is InChI=1S/C22H23N7O.HI/c1-2-24-22(25-12-17-8-10-20(11-9-17)29-16-23-15-27-29)26-13-19-14-30-21(28-19)18-6-4-3-5-7-18;/h3-11,14-16H,2,12-13H2,1H3,(H2,24,25,26);1H. The Hall–Kier alpha value is -3.21. The predicted octanol–water partition coefficient (Wildman–Crippen LogP) is 3.80. The average molecular weight is 529 g/mol. The quantitative estimate of drug-likeness (QED) is 0.215. The van der Waals surface area contributed by atoms with E-state index in [2.05, 4.69) is 30.7 Å². The van der Waals surface area contributed by atoms with E-state index in [4.69, 9.17) is 4.42 Å². The molecular weight excluding hydrogens is 505 g/mol. The van der Waals surface area contributed by atoms with Gasteiger partial charge < -0.3 is 15.1 Å². The third-order valence-corrected chi connectivity index (χ3v) is 4.39. The second-order valence-electron chi connectivity index (χ2n) is 6.57. The van der Waals surface area contributed by atoms with Gasteiger partial charge in [-0.3, -0.25) is 0 Å². The molecule has 0 amide bonds. The van der Waals surface area contributed by atoms with Crippen LogP contribution in [0.1, 0.15) is 18.2 Å². The lowest BCUT2D eigenvalue weighted by Gasteiger charge is -2.10. The number of hydrogen-bond donors (Lipinski definition) is 2. The van der Waals surface area contributed by atoms with Gasteiger partial charge in [0.15, 0.2) is 5.96 Å². The van der Waals surface area contributed by atoms with Gasteiger partial charge in [-0.05, 0) is 36.8 Å². The van der Waals surface area contributed by atoms with Crippen molar-refractivity contribution in [1.29, 1.82) is 0 Å².